The third-order valence-electron chi connectivity index (χ3n) is 3.49. The van der Waals surface area contributed by atoms with E-state index < -0.39 is 0 Å². The lowest BCUT2D eigenvalue weighted by atomic mass is 10.1. The van der Waals surface area contributed by atoms with E-state index in [-0.39, 0.29) is 0 Å². The summed E-state index contributed by atoms with van der Waals surface area (Å²) in [6.45, 7) is 10.1. The molecule has 0 radical (unpaired) electrons. The van der Waals surface area contributed by atoms with E-state index in [2.05, 4.69) is 55.2 Å². The van der Waals surface area contributed by atoms with Crippen molar-refractivity contribution in [3.8, 4) is 0 Å². The van der Waals surface area contributed by atoms with E-state index in [0.717, 1.165) is 32.0 Å². The van der Waals surface area contributed by atoms with Crippen molar-refractivity contribution in [1.29, 1.82) is 0 Å². The van der Waals surface area contributed by atoms with Gasteiger partial charge in [-0.1, -0.05) is 19.9 Å². The smallest absolute Gasteiger partial charge is 0.0416 e. The van der Waals surface area contributed by atoms with Gasteiger partial charge in [0.2, 0.25) is 0 Å². The first-order chi connectivity index (χ1) is 9.09. The second kappa shape index (κ2) is 9.05. The number of rotatable bonds is 9. The van der Waals surface area contributed by atoms with Gasteiger partial charge in [0.1, 0.15) is 0 Å². The molecule has 0 saturated heterocycles. The number of hydrogen-bond acceptors (Lipinski definition) is 3. The average molecular weight is 263 g/mol. The van der Waals surface area contributed by atoms with Crippen molar-refractivity contribution in [2.45, 2.75) is 39.7 Å². The highest BCUT2D eigenvalue weighted by molar-refractivity contribution is 5.03. The molecule has 3 nitrogen and oxygen atoms in total. The van der Waals surface area contributed by atoms with Crippen LogP contribution in [0.3, 0.4) is 0 Å². The molecule has 108 valence electrons. The fourth-order valence-corrected chi connectivity index (χ4v) is 1.98. The fourth-order valence-electron chi connectivity index (χ4n) is 1.98. The third-order valence-corrected chi connectivity index (χ3v) is 3.49. The summed E-state index contributed by atoms with van der Waals surface area (Å²) in [5.41, 5.74) is 1.18. The van der Waals surface area contributed by atoms with E-state index in [1.54, 1.807) is 0 Å². The molecular weight excluding hydrogens is 234 g/mol. The summed E-state index contributed by atoms with van der Waals surface area (Å²) in [6, 6.07) is 6.74. The van der Waals surface area contributed by atoms with E-state index in [0.29, 0.717) is 6.04 Å². The SMILES string of the molecule is CC(C)CNCCC(C)N(C)CCc1ccccn1. The van der Waals surface area contributed by atoms with E-state index in [4.69, 9.17) is 0 Å². The largest absolute Gasteiger partial charge is 0.316 e. The lowest BCUT2D eigenvalue weighted by Crippen LogP contribution is -2.34. The van der Waals surface area contributed by atoms with Gasteiger partial charge in [-0.15, -0.1) is 0 Å². The number of pyridine rings is 1. The van der Waals surface area contributed by atoms with Gasteiger partial charge >= 0.3 is 0 Å². The molecule has 0 aliphatic carbocycles. The average Bonchev–Trinajstić information content (AvgIpc) is 2.41. The molecule has 0 amide bonds. The molecule has 0 aromatic carbocycles. The molecular formula is C16H29N3. The molecule has 0 saturated carbocycles. The van der Waals surface area contributed by atoms with Gasteiger partial charge in [-0.05, 0) is 51.5 Å². The molecule has 1 aromatic heterocycles. The summed E-state index contributed by atoms with van der Waals surface area (Å²) >= 11 is 0. The van der Waals surface area contributed by atoms with Crippen molar-refractivity contribution in [3.05, 3.63) is 30.1 Å². The summed E-state index contributed by atoms with van der Waals surface area (Å²) in [5, 5.41) is 3.51. The predicted molar refractivity (Wildman–Crippen MR) is 82.4 cm³/mol. The minimum atomic E-state index is 0.614. The Bertz CT molecular complexity index is 324. The van der Waals surface area contributed by atoms with Crippen molar-refractivity contribution in [2.24, 2.45) is 5.92 Å². The quantitative estimate of drug-likeness (QED) is 0.694. The molecule has 1 N–H and O–H groups in total. The monoisotopic (exact) mass is 263 g/mol. The zero-order valence-electron chi connectivity index (χ0n) is 12.9. The molecule has 1 heterocycles. The minimum Gasteiger partial charge on any atom is -0.316 e. The Hall–Kier alpha value is -0.930. The Morgan fingerprint density at radius 2 is 2.05 bits per heavy atom. The van der Waals surface area contributed by atoms with Gasteiger partial charge in [-0.3, -0.25) is 4.98 Å². The number of aromatic nitrogens is 1. The topological polar surface area (TPSA) is 28.2 Å². The summed E-state index contributed by atoms with van der Waals surface area (Å²) in [6.07, 6.45) is 4.10. The standard InChI is InChI=1S/C16H29N3/c1-14(2)13-17-11-8-15(3)19(4)12-9-16-7-5-6-10-18-16/h5-7,10,14-15,17H,8-9,11-13H2,1-4H3. The molecule has 1 aromatic rings. The highest BCUT2D eigenvalue weighted by Crippen LogP contribution is 2.03. The van der Waals surface area contributed by atoms with Gasteiger partial charge in [0.25, 0.3) is 0 Å². The van der Waals surface area contributed by atoms with Gasteiger partial charge in [0.15, 0.2) is 0 Å². The Morgan fingerprint density at radius 1 is 1.26 bits per heavy atom. The zero-order valence-corrected chi connectivity index (χ0v) is 12.9. The lowest BCUT2D eigenvalue weighted by Gasteiger charge is -2.24. The number of nitrogens with one attached hydrogen (secondary N) is 1. The summed E-state index contributed by atoms with van der Waals surface area (Å²) < 4.78 is 0. The van der Waals surface area contributed by atoms with Crippen LogP contribution in [0.25, 0.3) is 0 Å². The molecule has 0 aliphatic heterocycles. The lowest BCUT2D eigenvalue weighted by molar-refractivity contribution is 0.246. The van der Waals surface area contributed by atoms with Crippen LogP contribution in [0.5, 0.6) is 0 Å². The molecule has 0 fully saturated rings. The molecule has 1 atom stereocenters. The van der Waals surface area contributed by atoms with Crippen molar-refractivity contribution in [3.63, 3.8) is 0 Å². The van der Waals surface area contributed by atoms with Crippen LogP contribution >= 0.6 is 0 Å². The van der Waals surface area contributed by atoms with Crippen molar-refractivity contribution >= 4 is 0 Å². The van der Waals surface area contributed by atoms with Crippen molar-refractivity contribution in [2.75, 3.05) is 26.7 Å². The molecule has 0 aliphatic rings. The molecule has 3 heteroatoms. The molecule has 1 unspecified atom stereocenters. The second-order valence-corrected chi connectivity index (χ2v) is 5.79. The molecule has 0 spiro atoms. The van der Waals surface area contributed by atoms with Gasteiger partial charge in [-0.25, -0.2) is 0 Å². The van der Waals surface area contributed by atoms with Crippen LogP contribution in [-0.2, 0) is 6.42 Å². The Balaban J connectivity index is 2.16. The Morgan fingerprint density at radius 3 is 2.68 bits per heavy atom. The van der Waals surface area contributed by atoms with Crippen LogP contribution < -0.4 is 5.32 Å². The first-order valence-electron chi connectivity index (χ1n) is 7.40. The third kappa shape index (κ3) is 7.28. The molecule has 0 bridgehead atoms. The Kier molecular flexibility index (Phi) is 7.68. The number of hydrogen-bond donors (Lipinski definition) is 1. The maximum Gasteiger partial charge on any atom is 0.0416 e. The van der Waals surface area contributed by atoms with Crippen LogP contribution in [0.4, 0.5) is 0 Å². The van der Waals surface area contributed by atoms with Gasteiger partial charge < -0.3 is 10.2 Å². The first kappa shape index (κ1) is 16.1. The predicted octanol–water partition coefficient (Wildman–Crippen LogP) is 2.58. The van der Waals surface area contributed by atoms with Gasteiger partial charge in [0.05, 0.1) is 0 Å². The van der Waals surface area contributed by atoms with Crippen LogP contribution in [0, 0.1) is 5.92 Å². The fraction of sp³-hybridized carbons (Fsp3) is 0.688. The van der Waals surface area contributed by atoms with E-state index in [1.165, 1.54) is 12.1 Å². The van der Waals surface area contributed by atoms with Crippen molar-refractivity contribution in [1.82, 2.24) is 15.2 Å². The molecule has 19 heavy (non-hydrogen) atoms. The number of nitrogens with zero attached hydrogens (tertiary/aromatic N) is 2. The summed E-state index contributed by atoms with van der Waals surface area (Å²) in [7, 11) is 2.20. The molecule has 1 rings (SSSR count). The maximum atomic E-state index is 4.37. The summed E-state index contributed by atoms with van der Waals surface area (Å²) in [5.74, 6) is 0.734. The van der Waals surface area contributed by atoms with Crippen LogP contribution in [0.15, 0.2) is 24.4 Å². The van der Waals surface area contributed by atoms with E-state index in [1.807, 2.05) is 12.3 Å². The second-order valence-electron chi connectivity index (χ2n) is 5.79. The van der Waals surface area contributed by atoms with Crippen LogP contribution in [0.1, 0.15) is 32.9 Å². The summed E-state index contributed by atoms with van der Waals surface area (Å²) in [4.78, 5) is 6.79. The van der Waals surface area contributed by atoms with Crippen LogP contribution in [0.2, 0.25) is 0 Å². The van der Waals surface area contributed by atoms with Crippen LogP contribution in [-0.4, -0.2) is 42.6 Å². The number of likely N-dealkylation sites (N-methyl/N-ethyl adjacent to an activating group) is 1. The zero-order chi connectivity index (χ0) is 14.1. The highest BCUT2D eigenvalue weighted by Gasteiger charge is 2.08. The van der Waals surface area contributed by atoms with Crippen molar-refractivity contribution < 1.29 is 0 Å². The van der Waals surface area contributed by atoms with E-state index in [9.17, 15) is 0 Å². The van der Waals surface area contributed by atoms with Gasteiger partial charge in [-0.2, -0.15) is 0 Å². The maximum absolute atomic E-state index is 4.37. The van der Waals surface area contributed by atoms with E-state index >= 15 is 0 Å². The minimum absolute atomic E-state index is 0.614. The highest BCUT2D eigenvalue weighted by atomic mass is 15.1. The normalized spacial score (nSPS) is 13.2. The van der Waals surface area contributed by atoms with Gasteiger partial charge in [0, 0.05) is 30.9 Å². The Labute approximate surface area is 118 Å². The first-order valence-corrected chi connectivity index (χ1v) is 7.40.